The average Bonchev–Trinajstić information content (AvgIpc) is 3.96. The molecule has 60 heavy (non-hydrogen) atoms. The quantitative estimate of drug-likeness (QED) is 0.175. The highest BCUT2D eigenvalue weighted by molar-refractivity contribution is 6.20. The van der Waals surface area contributed by atoms with E-state index in [0.717, 1.165) is 45.0 Å². The Bertz CT molecular complexity index is 3580. The van der Waals surface area contributed by atoms with Crippen LogP contribution >= 0.6 is 0 Å². The summed E-state index contributed by atoms with van der Waals surface area (Å²) in [5.41, 5.74) is 16.7. The molecule has 13 rings (SSSR count). The van der Waals surface area contributed by atoms with Crippen molar-refractivity contribution in [3.05, 3.63) is 206 Å². The molecule has 278 valence electrons. The minimum Gasteiger partial charge on any atom is -0.309 e. The van der Waals surface area contributed by atoms with Crippen LogP contribution in [0.4, 0.5) is 0 Å². The fraction of sp³-hybridized carbons (Fsp3) is 0. The monoisotopic (exact) mass is 762 g/mol. The van der Waals surface area contributed by atoms with Crippen molar-refractivity contribution in [3.63, 3.8) is 0 Å². The minimum atomic E-state index is 0.706. The molecule has 3 heterocycles. The van der Waals surface area contributed by atoms with Gasteiger partial charge in [0.05, 0.1) is 33.5 Å². The number of aromatic nitrogens is 4. The van der Waals surface area contributed by atoms with Gasteiger partial charge in [0.25, 0.3) is 0 Å². The molecule has 1 aliphatic rings. The number of hydrogen-bond acceptors (Lipinski definition) is 2. The lowest BCUT2D eigenvalue weighted by molar-refractivity contribution is 1.16. The molecule has 0 fully saturated rings. The first-order valence-electron chi connectivity index (χ1n) is 20.5. The van der Waals surface area contributed by atoms with Gasteiger partial charge in [-0.2, -0.15) is 0 Å². The van der Waals surface area contributed by atoms with Gasteiger partial charge in [-0.3, -0.25) is 0 Å². The molecular formula is C56H34N4. The third kappa shape index (κ3) is 4.73. The van der Waals surface area contributed by atoms with E-state index < -0.39 is 0 Å². The zero-order chi connectivity index (χ0) is 39.3. The lowest BCUT2D eigenvalue weighted by atomic mass is 9.93. The summed E-state index contributed by atoms with van der Waals surface area (Å²) in [5.74, 6) is 0.706. The topological polar surface area (TPSA) is 35.6 Å². The summed E-state index contributed by atoms with van der Waals surface area (Å²) in [7, 11) is 0. The predicted octanol–water partition coefficient (Wildman–Crippen LogP) is 14.5. The molecule has 3 aromatic heterocycles. The molecule has 9 aromatic carbocycles. The number of hydrogen-bond donors (Lipinski definition) is 0. The molecule has 0 atom stereocenters. The van der Waals surface area contributed by atoms with Gasteiger partial charge in [-0.25, -0.2) is 9.97 Å². The fourth-order valence-electron chi connectivity index (χ4n) is 9.86. The van der Waals surface area contributed by atoms with Crippen LogP contribution in [0.15, 0.2) is 206 Å². The van der Waals surface area contributed by atoms with Crippen molar-refractivity contribution in [2.75, 3.05) is 0 Å². The average molecular weight is 763 g/mol. The molecule has 12 aromatic rings. The molecule has 1 aliphatic carbocycles. The van der Waals surface area contributed by atoms with Gasteiger partial charge in [0.2, 0.25) is 0 Å². The van der Waals surface area contributed by atoms with Crippen LogP contribution < -0.4 is 0 Å². The van der Waals surface area contributed by atoms with Gasteiger partial charge in [0.15, 0.2) is 5.82 Å². The molecule has 0 saturated heterocycles. The molecule has 4 nitrogen and oxygen atoms in total. The van der Waals surface area contributed by atoms with Gasteiger partial charge >= 0.3 is 0 Å². The second kappa shape index (κ2) is 12.7. The lowest BCUT2D eigenvalue weighted by Gasteiger charge is -2.14. The van der Waals surface area contributed by atoms with Gasteiger partial charge in [-0.1, -0.05) is 146 Å². The minimum absolute atomic E-state index is 0.706. The summed E-state index contributed by atoms with van der Waals surface area (Å²) >= 11 is 0. The standard InChI is InChI=1S/C56H34N4/c1-2-13-35(14-3-1)40-33-34-46-52-45(40)19-12-20-47(52)55-53(46)54(36-25-29-38(30-26-36)59-48-21-8-4-15-41(48)42-16-5-9-22-49(42)59)57-56(58-55)37-27-31-39(32-28-37)60-50-23-10-6-17-43(50)44-18-7-11-24-51(44)60/h1-34H. The molecule has 0 bridgehead atoms. The molecule has 0 radical (unpaired) electrons. The van der Waals surface area contributed by atoms with Crippen LogP contribution in [-0.2, 0) is 0 Å². The Hall–Kier alpha value is -8.08. The van der Waals surface area contributed by atoms with Crippen LogP contribution in [0.25, 0.3) is 122 Å². The Kier molecular flexibility index (Phi) is 6.98. The van der Waals surface area contributed by atoms with Crippen LogP contribution in [-0.4, -0.2) is 19.1 Å². The van der Waals surface area contributed by atoms with E-state index >= 15 is 0 Å². The Morgan fingerprint density at radius 1 is 0.283 bits per heavy atom. The first kappa shape index (κ1) is 32.9. The van der Waals surface area contributed by atoms with Gasteiger partial charge in [-0.05, 0) is 88.1 Å². The largest absolute Gasteiger partial charge is 0.309 e. The second-order valence-corrected chi connectivity index (χ2v) is 15.7. The Balaban J connectivity index is 0.999. The maximum atomic E-state index is 5.50. The Labute approximate surface area is 345 Å². The fourth-order valence-corrected chi connectivity index (χ4v) is 9.86. The van der Waals surface area contributed by atoms with Gasteiger partial charge in [0, 0.05) is 55.2 Å². The van der Waals surface area contributed by atoms with E-state index in [2.05, 4.69) is 215 Å². The van der Waals surface area contributed by atoms with E-state index in [1.807, 2.05) is 0 Å². The summed E-state index contributed by atoms with van der Waals surface area (Å²) in [6.07, 6.45) is 0. The van der Waals surface area contributed by atoms with Crippen molar-refractivity contribution in [1.82, 2.24) is 19.1 Å². The third-order valence-electron chi connectivity index (χ3n) is 12.5. The number of benzene rings is 9. The molecule has 0 spiro atoms. The Morgan fingerprint density at radius 2 is 0.733 bits per heavy atom. The zero-order valence-corrected chi connectivity index (χ0v) is 32.4. The maximum Gasteiger partial charge on any atom is 0.160 e. The van der Waals surface area contributed by atoms with Crippen LogP contribution in [0.1, 0.15) is 0 Å². The van der Waals surface area contributed by atoms with Crippen LogP contribution in [0.5, 0.6) is 0 Å². The highest BCUT2D eigenvalue weighted by atomic mass is 15.0. The van der Waals surface area contributed by atoms with E-state index in [1.165, 1.54) is 71.1 Å². The summed E-state index contributed by atoms with van der Waals surface area (Å²) < 4.78 is 4.72. The normalized spacial score (nSPS) is 12.0. The van der Waals surface area contributed by atoms with E-state index in [-0.39, 0.29) is 0 Å². The van der Waals surface area contributed by atoms with Crippen LogP contribution in [0.2, 0.25) is 0 Å². The van der Waals surface area contributed by atoms with E-state index in [0.29, 0.717) is 5.82 Å². The molecule has 0 saturated carbocycles. The highest BCUT2D eigenvalue weighted by Crippen LogP contribution is 2.52. The third-order valence-corrected chi connectivity index (χ3v) is 12.5. The molecule has 0 amide bonds. The maximum absolute atomic E-state index is 5.50. The second-order valence-electron chi connectivity index (χ2n) is 15.7. The molecule has 0 N–H and O–H groups in total. The predicted molar refractivity (Wildman–Crippen MR) is 249 cm³/mol. The van der Waals surface area contributed by atoms with Crippen molar-refractivity contribution in [2.24, 2.45) is 0 Å². The molecule has 4 heteroatoms. The summed E-state index contributed by atoms with van der Waals surface area (Å²) in [6, 6.07) is 74.1. The molecule has 0 unspecified atom stereocenters. The van der Waals surface area contributed by atoms with Gasteiger partial charge in [-0.15, -0.1) is 0 Å². The summed E-state index contributed by atoms with van der Waals surface area (Å²) in [6.45, 7) is 0. The zero-order valence-electron chi connectivity index (χ0n) is 32.4. The van der Waals surface area contributed by atoms with Crippen LogP contribution in [0.3, 0.4) is 0 Å². The van der Waals surface area contributed by atoms with E-state index in [4.69, 9.17) is 9.97 Å². The number of para-hydroxylation sites is 4. The van der Waals surface area contributed by atoms with Crippen molar-refractivity contribution in [1.29, 1.82) is 0 Å². The number of rotatable bonds is 5. The number of nitrogens with zero attached hydrogens (tertiary/aromatic N) is 4. The Morgan fingerprint density at radius 3 is 1.28 bits per heavy atom. The molecule has 0 aliphatic heterocycles. The first-order valence-corrected chi connectivity index (χ1v) is 20.5. The van der Waals surface area contributed by atoms with Crippen molar-refractivity contribution < 1.29 is 0 Å². The van der Waals surface area contributed by atoms with Crippen molar-refractivity contribution in [3.8, 4) is 67.5 Å². The summed E-state index contributed by atoms with van der Waals surface area (Å²) in [5, 5.41) is 7.44. The number of fused-ring (bicyclic) bond motifs is 9. The molecular weight excluding hydrogens is 729 g/mol. The summed E-state index contributed by atoms with van der Waals surface area (Å²) in [4.78, 5) is 10.9. The smallest absolute Gasteiger partial charge is 0.160 e. The first-order chi connectivity index (χ1) is 29.8. The lowest BCUT2D eigenvalue weighted by Crippen LogP contribution is -1.99. The van der Waals surface area contributed by atoms with Crippen molar-refractivity contribution in [2.45, 2.75) is 0 Å². The van der Waals surface area contributed by atoms with Crippen molar-refractivity contribution >= 4 is 54.4 Å². The van der Waals surface area contributed by atoms with Crippen LogP contribution in [0, 0.1) is 0 Å². The van der Waals surface area contributed by atoms with Gasteiger partial charge in [0.1, 0.15) is 0 Å². The SMILES string of the molecule is c1ccc(-c2ccc3c4c(cccc24)-c2nc(-c4ccc(-n5c6ccccc6c6ccccc65)cc4)nc(-c4ccc(-n5c6ccccc6c6ccccc65)cc4)c2-3)cc1. The van der Waals surface area contributed by atoms with E-state index in [1.54, 1.807) is 0 Å². The van der Waals surface area contributed by atoms with Gasteiger partial charge < -0.3 is 9.13 Å². The highest BCUT2D eigenvalue weighted by Gasteiger charge is 2.29. The van der Waals surface area contributed by atoms with E-state index in [9.17, 15) is 0 Å².